The number of fused-ring (bicyclic) bond motifs is 2. The van der Waals surface area contributed by atoms with Gasteiger partial charge in [0.25, 0.3) is 5.56 Å². The highest BCUT2D eigenvalue weighted by molar-refractivity contribution is 7.15. The van der Waals surface area contributed by atoms with Crippen LogP contribution in [0.5, 0.6) is 11.5 Å². The zero-order chi connectivity index (χ0) is 21.7. The molecule has 0 saturated heterocycles. The molecule has 0 unspecified atom stereocenters. The van der Waals surface area contributed by atoms with Gasteiger partial charge < -0.3 is 13.9 Å². The van der Waals surface area contributed by atoms with Gasteiger partial charge in [0.15, 0.2) is 23.4 Å². The fourth-order valence-corrected chi connectivity index (χ4v) is 4.57. The zero-order valence-electron chi connectivity index (χ0n) is 16.4. The minimum atomic E-state index is -0.478. The van der Waals surface area contributed by atoms with E-state index in [1.807, 2.05) is 54.6 Å². The second-order valence-corrected chi connectivity index (χ2v) is 8.60. The van der Waals surface area contributed by atoms with Crippen molar-refractivity contribution >= 4 is 34.0 Å². The van der Waals surface area contributed by atoms with Crippen LogP contribution >= 0.6 is 22.9 Å². The van der Waals surface area contributed by atoms with Gasteiger partial charge in [-0.2, -0.15) is 9.50 Å². The maximum atomic E-state index is 12.9. The molecule has 158 valence electrons. The molecule has 3 aromatic heterocycles. The summed E-state index contributed by atoms with van der Waals surface area (Å²) in [6.07, 6.45) is 1.21. The largest absolute Gasteiger partial charge is 0.485 e. The highest BCUT2D eigenvalue weighted by atomic mass is 35.5. The molecule has 1 aliphatic heterocycles. The van der Waals surface area contributed by atoms with Crippen LogP contribution in [0, 0.1) is 0 Å². The fraction of sp³-hybridized carbons (Fsp3) is 0.0870. The molecule has 0 amide bonds. The van der Waals surface area contributed by atoms with Crippen molar-refractivity contribution in [3.05, 3.63) is 92.2 Å². The Morgan fingerprint density at radius 2 is 1.97 bits per heavy atom. The highest BCUT2D eigenvalue weighted by Gasteiger charge is 2.27. The number of furan rings is 1. The standard InChI is InChI=1S/C23H14ClN3O4S/c24-14-5-3-4-13(10-14)16-9-8-15(30-16)11-20-22(28)27-23(32-20)25-21(26-27)19-12-29-17-6-1-2-7-18(17)31-19/h1-11,19H,12H2/b20-11-/t19-/m0/s1. The van der Waals surface area contributed by atoms with E-state index in [1.54, 1.807) is 12.1 Å². The molecule has 1 aliphatic rings. The number of para-hydroxylation sites is 2. The van der Waals surface area contributed by atoms with Gasteiger partial charge in [-0.15, -0.1) is 5.10 Å². The van der Waals surface area contributed by atoms with E-state index in [1.165, 1.54) is 15.9 Å². The minimum Gasteiger partial charge on any atom is -0.485 e. The molecule has 7 nitrogen and oxygen atoms in total. The topological polar surface area (TPSA) is 78.9 Å². The van der Waals surface area contributed by atoms with Gasteiger partial charge in [-0.1, -0.05) is 47.2 Å². The maximum Gasteiger partial charge on any atom is 0.291 e. The molecule has 0 N–H and O–H groups in total. The van der Waals surface area contributed by atoms with Crippen LogP contribution < -0.4 is 19.6 Å². The summed E-state index contributed by atoms with van der Waals surface area (Å²) in [4.78, 5) is 17.8. The smallest absolute Gasteiger partial charge is 0.291 e. The van der Waals surface area contributed by atoms with E-state index >= 15 is 0 Å². The van der Waals surface area contributed by atoms with Crippen LogP contribution in [0.15, 0.2) is 69.9 Å². The predicted octanol–water partition coefficient (Wildman–Crippen LogP) is 4.12. The molecule has 0 radical (unpaired) electrons. The Bertz CT molecular complexity index is 1570. The van der Waals surface area contributed by atoms with Crippen LogP contribution in [0.1, 0.15) is 17.7 Å². The first-order chi connectivity index (χ1) is 15.6. The number of ether oxygens (including phenoxy) is 2. The summed E-state index contributed by atoms with van der Waals surface area (Å²) in [5.74, 6) is 2.95. The normalized spacial score (nSPS) is 16.0. The summed E-state index contributed by atoms with van der Waals surface area (Å²) in [5.41, 5.74) is 0.602. The molecular weight excluding hydrogens is 450 g/mol. The van der Waals surface area contributed by atoms with Crippen molar-refractivity contribution < 1.29 is 13.9 Å². The number of thiazole rings is 1. The van der Waals surface area contributed by atoms with E-state index in [9.17, 15) is 4.79 Å². The lowest BCUT2D eigenvalue weighted by molar-refractivity contribution is 0.0852. The van der Waals surface area contributed by atoms with Crippen LogP contribution in [-0.4, -0.2) is 21.2 Å². The van der Waals surface area contributed by atoms with E-state index in [4.69, 9.17) is 25.5 Å². The molecule has 6 rings (SSSR count). The Kier molecular flexibility index (Phi) is 4.48. The Hall–Kier alpha value is -3.62. The lowest BCUT2D eigenvalue weighted by Gasteiger charge is -2.24. The fourth-order valence-electron chi connectivity index (χ4n) is 3.49. The van der Waals surface area contributed by atoms with Crippen molar-refractivity contribution in [2.45, 2.75) is 6.10 Å². The number of benzene rings is 2. The lowest BCUT2D eigenvalue weighted by Crippen LogP contribution is -2.26. The van der Waals surface area contributed by atoms with Gasteiger partial charge in [-0.3, -0.25) is 4.79 Å². The predicted molar refractivity (Wildman–Crippen MR) is 120 cm³/mol. The summed E-state index contributed by atoms with van der Waals surface area (Å²) in [7, 11) is 0. The monoisotopic (exact) mass is 463 g/mol. The molecule has 0 saturated carbocycles. The lowest BCUT2D eigenvalue weighted by atomic mass is 10.2. The third-order valence-corrected chi connectivity index (χ3v) is 6.20. The summed E-state index contributed by atoms with van der Waals surface area (Å²) >= 11 is 7.30. The molecule has 32 heavy (non-hydrogen) atoms. The van der Waals surface area contributed by atoms with Crippen molar-refractivity contribution in [2.75, 3.05) is 6.61 Å². The van der Waals surface area contributed by atoms with Gasteiger partial charge in [-0.25, -0.2) is 0 Å². The Balaban J connectivity index is 1.30. The number of hydrogen-bond donors (Lipinski definition) is 0. The molecule has 2 aromatic carbocycles. The van der Waals surface area contributed by atoms with Crippen LogP contribution in [0.3, 0.4) is 0 Å². The van der Waals surface area contributed by atoms with Gasteiger partial charge in [0, 0.05) is 16.7 Å². The molecule has 0 spiro atoms. The van der Waals surface area contributed by atoms with E-state index in [2.05, 4.69) is 10.1 Å². The molecule has 5 aromatic rings. The highest BCUT2D eigenvalue weighted by Crippen LogP contribution is 2.35. The number of aromatic nitrogens is 3. The molecule has 0 aliphatic carbocycles. The van der Waals surface area contributed by atoms with E-state index in [0.29, 0.717) is 43.4 Å². The van der Waals surface area contributed by atoms with Gasteiger partial charge in [0.1, 0.15) is 22.7 Å². The minimum absolute atomic E-state index is 0.262. The quantitative estimate of drug-likeness (QED) is 0.400. The van der Waals surface area contributed by atoms with Crippen LogP contribution in [0.25, 0.3) is 22.4 Å². The van der Waals surface area contributed by atoms with Crippen molar-refractivity contribution in [3.63, 3.8) is 0 Å². The zero-order valence-corrected chi connectivity index (χ0v) is 18.0. The SMILES string of the molecule is O=c1/c(=C/c2ccc(-c3cccc(Cl)c3)o2)sc2nc([C@@H]3COc4ccccc4O3)nn12. The van der Waals surface area contributed by atoms with Gasteiger partial charge in [0.2, 0.25) is 4.96 Å². The second-order valence-electron chi connectivity index (χ2n) is 7.16. The first-order valence-electron chi connectivity index (χ1n) is 9.79. The van der Waals surface area contributed by atoms with Crippen molar-refractivity contribution in [1.29, 1.82) is 0 Å². The molecule has 1 atom stereocenters. The summed E-state index contributed by atoms with van der Waals surface area (Å²) in [6.45, 7) is 0.278. The Morgan fingerprint density at radius 3 is 2.81 bits per heavy atom. The second kappa shape index (κ2) is 7.51. The third kappa shape index (κ3) is 3.34. The van der Waals surface area contributed by atoms with Crippen LogP contribution in [-0.2, 0) is 0 Å². The summed E-state index contributed by atoms with van der Waals surface area (Å²) < 4.78 is 19.3. The Labute approximate surface area is 190 Å². The van der Waals surface area contributed by atoms with Crippen LogP contribution in [0.2, 0.25) is 5.02 Å². The van der Waals surface area contributed by atoms with E-state index in [-0.39, 0.29) is 12.2 Å². The maximum absolute atomic E-state index is 12.9. The Morgan fingerprint density at radius 1 is 1.09 bits per heavy atom. The first kappa shape index (κ1) is 19.1. The van der Waals surface area contributed by atoms with Gasteiger partial charge in [-0.05, 0) is 36.4 Å². The molecule has 0 fully saturated rings. The first-order valence-corrected chi connectivity index (χ1v) is 11.0. The van der Waals surface area contributed by atoms with Gasteiger partial charge >= 0.3 is 0 Å². The number of rotatable bonds is 3. The van der Waals surface area contributed by atoms with Crippen molar-refractivity contribution in [3.8, 4) is 22.8 Å². The number of halogens is 1. The molecule has 9 heteroatoms. The number of hydrogen-bond acceptors (Lipinski definition) is 7. The average Bonchev–Trinajstić information content (AvgIpc) is 3.51. The average molecular weight is 464 g/mol. The molecule has 4 heterocycles. The van der Waals surface area contributed by atoms with Crippen molar-refractivity contribution in [1.82, 2.24) is 14.6 Å². The number of nitrogens with zero attached hydrogens (tertiary/aromatic N) is 3. The van der Waals surface area contributed by atoms with Crippen LogP contribution in [0.4, 0.5) is 0 Å². The molecule has 0 bridgehead atoms. The van der Waals surface area contributed by atoms with E-state index in [0.717, 1.165) is 5.56 Å². The third-order valence-electron chi connectivity index (χ3n) is 5.00. The van der Waals surface area contributed by atoms with Crippen molar-refractivity contribution in [2.24, 2.45) is 0 Å². The van der Waals surface area contributed by atoms with Gasteiger partial charge in [0.05, 0.1) is 0 Å². The van der Waals surface area contributed by atoms with E-state index < -0.39 is 6.10 Å². The molecular formula is C23H14ClN3O4S. The summed E-state index contributed by atoms with van der Waals surface area (Å²) in [5, 5.41) is 5.00. The summed E-state index contributed by atoms with van der Waals surface area (Å²) in [6, 6.07) is 18.5.